The van der Waals surface area contributed by atoms with E-state index in [4.69, 9.17) is 5.73 Å². The minimum Gasteiger partial charge on any atom is -0.382 e. The third-order valence-corrected chi connectivity index (χ3v) is 2.15. The number of hydrogen-bond donors (Lipinski definition) is 3. The van der Waals surface area contributed by atoms with Gasteiger partial charge in [0.05, 0.1) is 11.4 Å². The molecular weight excluding hydrogens is 164 g/mol. The summed E-state index contributed by atoms with van der Waals surface area (Å²) in [5.74, 6) is 0.558. The van der Waals surface area contributed by atoms with E-state index in [0.29, 0.717) is 5.82 Å². The lowest BCUT2D eigenvalue weighted by Gasteiger charge is -1.94. The van der Waals surface area contributed by atoms with Crippen LogP contribution in [0.25, 0.3) is 11.4 Å². The van der Waals surface area contributed by atoms with Crippen LogP contribution in [0, 0.1) is 13.8 Å². The van der Waals surface area contributed by atoms with Crippen LogP contribution in [0.2, 0.25) is 0 Å². The van der Waals surface area contributed by atoms with E-state index in [1.54, 1.807) is 0 Å². The predicted octanol–water partition coefficient (Wildman–Crippen LogP) is 1.60. The lowest BCUT2D eigenvalue weighted by Crippen LogP contribution is -1.86. The number of hydrogen-bond acceptors (Lipinski definition) is 2. The molecule has 0 bridgehead atoms. The van der Waals surface area contributed by atoms with Gasteiger partial charge in [-0.15, -0.1) is 0 Å². The predicted molar refractivity (Wildman–Crippen MR) is 52.3 cm³/mol. The van der Waals surface area contributed by atoms with Crippen LogP contribution in [-0.2, 0) is 0 Å². The Bertz CT molecular complexity index is 425. The van der Waals surface area contributed by atoms with Crippen molar-refractivity contribution >= 4 is 5.82 Å². The average Bonchev–Trinajstić information content (AvgIpc) is 2.62. The van der Waals surface area contributed by atoms with Crippen LogP contribution >= 0.6 is 0 Å². The zero-order valence-corrected chi connectivity index (χ0v) is 7.68. The van der Waals surface area contributed by atoms with Gasteiger partial charge < -0.3 is 10.7 Å². The molecule has 0 atom stereocenters. The molecule has 0 radical (unpaired) electrons. The monoisotopic (exact) mass is 176 g/mol. The van der Waals surface area contributed by atoms with E-state index in [2.05, 4.69) is 15.2 Å². The van der Waals surface area contributed by atoms with Crippen molar-refractivity contribution in [1.29, 1.82) is 0 Å². The molecule has 0 aliphatic carbocycles. The molecule has 2 aromatic heterocycles. The molecule has 0 unspecified atom stereocenters. The van der Waals surface area contributed by atoms with E-state index >= 15 is 0 Å². The average molecular weight is 176 g/mol. The van der Waals surface area contributed by atoms with Gasteiger partial charge in [-0.2, -0.15) is 5.10 Å². The number of nitrogens with two attached hydrogens (primary N) is 1. The second kappa shape index (κ2) is 2.65. The Balaban J connectivity index is 2.52. The molecule has 0 aromatic carbocycles. The van der Waals surface area contributed by atoms with Crippen LogP contribution in [-0.4, -0.2) is 15.2 Å². The highest BCUT2D eigenvalue weighted by molar-refractivity contribution is 5.64. The van der Waals surface area contributed by atoms with Crippen molar-refractivity contribution in [1.82, 2.24) is 15.2 Å². The van der Waals surface area contributed by atoms with Crippen molar-refractivity contribution in [2.24, 2.45) is 0 Å². The van der Waals surface area contributed by atoms with E-state index in [9.17, 15) is 0 Å². The topological polar surface area (TPSA) is 70.5 Å². The molecular formula is C9H12N4. The Morgan fingerprint density at radius 2 is 2.08 bits per heavy atom. The number of nitrogens with one attached hydrogen (secondary N) is 2. The quantitative estimate of drug-likeness (QED) is 0.617. The van der Waals surface area contributed by atoms with E-state index < -0.39 is 0 Å². The van der Waals surface area contributed by atoms with Gasteiger partial charge in [-0.25, -0.2) is 0 Å². The second-order valence-corrected chi connectivity index (χ2v) is 3.16. The summed E-state index contributed by atoms with van der Waals surface area (Å²) in [6.07, 6.45) is 0. The summed E-state index contributed by atoms with van der Waals surface area (Å²) < 4.78 is 0. The van der Waals surface area contributed by atoms with Crippen LogP contribution < -0.4 is 5.73 Å². The Kier molecular flexibility index (Phi) is 1.62. The van der Waals surface area contributed by atoms with Gasteiger partial charge in [0, 0.05) is 11.3 Å². The highest BCUT2D eigenvalue weighted by Crippen LogP contribution is 2.22. The molecule has 0 aliphatic rings. The van der Waals surface area contributed by atoms with Gasteiger partial charge >= 0.3 is 0 Å². The zero-order valence-electron chi connectivity index (χ0n) is 7.68. The van der Waals surface area contributed by atoms with Crippen molar-refractivity contribution in [3.63, 3.8) is 0 Å². The van der Waals surface area contributed by atoms with Crippen molar-refractivity contribution in [2.75, 3.05) is 5.73 Å². The number of anilines is 1. The van der Waals surface area contributed by atoms with Gasteiger partial charge in [-0.3, -0.25) is 5.10 Å². The summed E-state index contributed by atoms with van der Waals surface area (Å²) in [4.78, 5) is 3.22. The van der Waals surface area contributed by atoms with E-state index in [0.717, 1.165) is 22.6 Å². The smallest absolute Gasteiger partial charge is 0.148 e. The maximum Gasteiger partial charge on any atom is 0.148 e. The summed E-state index contributed by atoms with van der Waals surface area (Å²) in [5.41, 5.74) is 9.73. The first-order valence-corrected chi connectivity index (χ1v) is 4.15. The van der Waals surface area contributed by atoms with Crippen LogP contribution in [0.4, 0.5) is 5.82 Å². The molecule has 13 heavy (non-hydrogen) atoms. The summed E-state index contributed by atoms with van der Waals surface area (Å²) in [7, 11) is 0. The second-order valence-electron chi connectivity index (χ2n) is 3.16. The Hall–Kier alpha value is -1.71. The fourth-order valence-electron chi connectivity index (χ4n) is 1.32. The van der Waals surface area contributed by atoms with Crippen LogP contribution in [0.5, 0.6) is 0 Å². The molecule has 0 aliphatic heterocycles. The standard InChI is InChI=1S/C9H12N4/c1-5-3-4-7(11-5)8-6(2)9(10)13-12-8/h3-4,11H,1-2H3,(H3,10,12,13). The molecule has 2 aromatic rings. The summed E-state index contributed by atoms with van der Waals surface area (Å²) in [5, 5.41) is 6.83. The summed E-state index contributed by atoms with van der Waals surface area (Å²) in [6, 6.07) is 4.03. The number of aromatic amines is 2. The fourth-order valence-corrected chi connectivity index (χ4v) is 1.32. The Labute approximate surface area is 76.2 Å². The molecule has 4 nitrogen and oxygen atoms in total. The lowest BCUT2D eigenvalue weighted by atomic mass is 10.2. The van der Waals surface area contributed by atoms with E-state index in [1.165, 1.54) is 0 Å². The number of nitrogens with zero attached hydrogens (tertiary/aromatic N) is 1. The third kappa shape index (κ3) is 1.20. The molecule has 68 valence electrons. The van der Waals surface area contributed by atoms with Crippen LogP contribution in [0.1, 0.15) is 11.3 Å². The molecule has 4 N–H and O–H groups in total. The van der Waals surface area contributed by atoms with Crippen LogP contribution in [0.3, 0.4) is 0 Å². The minimum absolute atomic E-state index is 0.558. The highest BCUT2D eigenvalue weighted by Gasteiger charge is 2.08. The minimum atomic E-state index is 0.558. The number of aryl methyl sites for hydroxylation is 1. The molecule has 2 rings (SSSR count). The Morgan fingerprint density at radius 3 is 2.54 bits per heavy atom. The number of rotatable bonds is 1. The first kappa shape index (κ1) is 7.91. The molecule has 0 spiro atoms. The number of aromatic nitrogens is 3. The van der Waals surface area contributed by atoms with Gasteiger partial charge in [0.15, 0.2) is 0 Å². The Morgan fingerprint density at radius 1 is 1.31 bits per heavy atom. The van der Waals surface area contributed by atoms with E-state index in [1.807, 2.05) is 26.0 Å². The highest BCUT2D eigenvalue weighted by atomic mass is 15.2. The zero-order chi connectivity index (χ0) is 9.42. The van der Waals surface area contributed by atoms with Crippen LogP contribution in [0.15, 0.2) is 12.1 Å². The molecule has 0 saturated heterocycles. The van der Waals surface area contributed by atoms with Crippen molar-refractivity contribution in [2.45, 2.75) is 13.8 Å². The van der Waals surface area contributed by atoms with Gasteiger partial charge in [0.1, 0.15) is 5.82 Å². The van der Waals surface area contributed by atoms with Gasteiger partial charge in [0.25, 0.3) is 0 Å². The largest absolute Gasteiger partial charge is 0.382 e. The SMILES string of the molecule is Cc1ccc(-c2[nH]nc(N)c2C)[nH]1. The normalized spacial score (nSPS) is 10.6. The van der Waals surface area contributed by atoms with Gasteiger partial charge in [-0.1, -0.05) is 0 Å². The number of H-pyrrole nitrogens is 2. The molecule has 0 saturated carbocycles. The molecule has 2 heterocycles. The maximum absolute atomic E-state index is 5.63. The van der Waals surface area contributed by atoms with Crippen molar-refractivity contribution < 1.29 is 0 Å². The summed E-state index contributed by atoms with van der Waals surface area (Å²) >= 11 is 0. The molecule has 0 fully saturated rings. The number of nitrogen functional groups attached to an aromatic ring is 1. The van der Waals surface area contributed by atoms with Gasteiger partial charge in [0.2, 0.25) is 0 Å². The van der Waals surface area contributed by atoms with Crippen molar-refractivity contribution in [3.8, 4) is 11.4 Å². The third-order valence-electron chi connectivity index (χ3n) is 2.15. The summed E-state index contributed by atoms with van der Waals surface area (Å²) in [6.45, 7) is 3.96. The lowest BCUT2D eigenvalue weighted by molar-refractivity contribution is 1.09. The first-order chi connectivity index (χ1) is 6.18. The molecule has 0 amide bonds. The first-order valence-electron chi connectivity index (χ1n) is 4.15. The van der Waals surface area contributed by atoms with Gasteiger partial charge in [-0.05, 0) is 26.0 Å². The maximum atomic E-state index is 5.63. The molecule has 4 heteroatoms. The van der Waals surface area contributed by atoms with Crippen molar-refractivity contribution in [3.05, 3.63) is 23.4 Å². The fraction of sp³-hybridized carbons (Fsp3) is 0.222. The van der Waals surface area contributed by atoms with E-state index in [-0.39, 0.29) is 0 Å².